The van der Waals surface area contributed by atoms with Gasteiger partial charge in [-0.15, -0.1) is 10.2 Å². The number of amides is 1. The van der Waals surface area contributed by atoms with E-state index >= 15 is 0 Å². The SMILES string of the molecule is O=C(NCCc1nnc2ccccn12)c1nn(Cc2ccc3occc3c2)c2ccccc12. The second-order valence-electron chi connectivity index (χ2n) is 7.87. The molecule has 8 nitrogen and oxygen atoms in total. The number of pyridine rings is 1. The molecule has 0 unspecified atom stereocenters. The van der Waals surface area contributed by atoms with E-state index in [4.69, 9.17) is 4.42 Å². The predicted octanol–water partition coefficient (Wildman–Crippen LogP) is 3.85. The van der Waals surface area contributed by atoms with E-state index in [0.717, 1.165) is 38.9 Å². The summed E-state index contributed by atoms with van der Waals surface area (Å²) in [4.78, 5) is 13.0. The van der Waals surface area contributed by atoms with Gasteiger partial charge in [-0.25, -0.2) is 0 Å². The van der Waals surface area contributed by atoms with E-state index in [1.165, 1.54) is 0 Å². The maximum absolute atomic E-state index is 13.0. The summed E-state index contributed by atoms with van der Waals surface area (Å²) < 4.78 is 9.23. The van der Waals surface area contributed by atoms with Crippen LogP contribution in [0.25, 0.3) is 27.5 Å². The van der Waals surface area contributed by atoms with Crippen LogP contribution >= 0.6 is 0 Å². The molecule has 0 saturated carbocycles. The minimum absolute atomic E-state index is 0.205. The smallest absolute Gasteiger partial charge is 0.272 e. The van der Waals surface area contributed by atoms with Crippen LogP contribution in [0.3, 0.4) is 0 Å². The van der Waals surface area contributed by atoms with Crippen molar-refractivity contribution in [1.29, 1.82) is 0 Å². The molecule has 33 heavy (non-hydrogen) atoms. The van der Waals surface area contributed by atoms with Crippen LogP contribution < -0.4 is 5.32 Å². The molecule has 0 aliphatic carbocycles. The van der Waals surface area contributed by atoms with Gasteiger partial charge in [-0.05, 0) is 42.0 Å². The number of furan rings is 1. The molecule has 1 N–H and O–H groups in total. The standard InChI is InChI=1S/C25H20N6O2/c32-25(26-12-10-23-28-27-22-7-3-4-13-30(22)23)24-19-5-1-2-6-20(19)31(29-24)16-17-8-9-21-18(15-17)11-14-33-21/h1-9,11,13-15H,10,12,16H2,(H,26,32). The molecule has 4 heterocycles. The zero-order valence-electron chi connectivity index (χ0n) is 17.7. The number of aromatic nitrogens is 5. The molecule has 0 atom stereocenters. The molecule has 0 spiro atoms. The molecule has 4 aromatic heterocycles. The summed E-state index contributed by atoms with van der Waals surface area (Å²) in [6, 6.07) is 21.5. The molecular weight excluding hydrogens is 416 g/mol. The number of nitrogens with zero attached hydrogens (tertiary/aromatic N) is 5. The minimum atomic E-state index is -0.205. The summed E-state index contributed by atoms with van der Waals surface area (Å²) in [5.41, 5.74) is 4.06. The summed E-state index contributed by atoms with van der Waals surface area (Å²) >= 11 is 0. The fraction of sp³-hybridized carbons (Fsp3) is 0.120. The van der Waals surface area contributed by atoms with Gasteiger partial charge < -0.3 is 9.73 Å². The van der Waals surface area contributed by atoms with Crippen LogP contribution in [0.1, 0.15) is 21.9 Å². The third kappa shape index (κ3) is 3.51. The molecule has 6 aromatic rings. The van der Waals surface area contributed by atoms with Crippen LogP contribution in [-0.4, -0.2) is 36.8 Å². The minimum Gasteiger partial charge on any atom is -0.464 e. The number of hydrogen-bond acceptors (Lipinski definition) is 5. The van der Waals surface area contributed by atoms with Gasteiger partial charge in [0.05, 0.1) is 18.3 Å². The number of rotatable bonds is 6. The highest BCUT2D eigenvalue weighted by Gasteiger charge is 2.17. The molecule has 8 heteroatoms. The van der Waals surface area contributed by atoms with Gasteiger partial charge in [-0.2, -0.15) is 5.10 Å². The van der Waals surface area contributed by atoms with Crippen molar-refractivity contribution in [3.63, 3.8) is 0 Å². The van der Waals surface area contributed by atoms with Gasteiger partial charge >= 0.3 is 0 Å². The lowest BCUT2D eigenvalue weighted by molar-refractivity contribution is 0.0949. The first-order chi connectivity index (χ1) is 16.3. The lowest BCUT2D eigenvalue weighted by Gasteiger charge is -2.04. The van der Waals surface area contributed by atoms with Crippen molar-refractivity contribution in [2.75, 3.05) is 6.54 Å². The van der Waals surface area contributed by atoms with Crippen molar-refractivity contribution >= 4 is 33.4 Å². The zero-order chi connectivity index (χ0) is 22.2. The summed E-state index contributed by atoms with van der Waals surface area (Å²) in [5.74, 6) is 0.597. The van der Waals surface area contributed by atoms with Crippen LogP contribution in [0, 0.1) is 0 Å². The van der Waals surface area contributed by atoms with Crippen molar-refractivity contribution in [3.05, 3.63) is 96.3 Å². The highest BCUT2D eigenvalue weighted by atomic mass is 16.3. The third-order valence-corrected chi connectivity index (χ3v) is 5.74. The molecule has 0 aliphatic rings. The molecule has 0 aliphatic heterocycles. The number of carbonyl (C=O) groups excluding carboxylic acids is 1. The molecule has 1 amide bonds. The number of carbonyl (C=O) groups is 1. The summed E-state index contributed by atoms with van der Waals surface area (Å²) in [5, 5.41) is 17.9. The Labute approximate surface area is 188 Å². The topological polar surface area (TPSA) is 90.3 Å². The van der Waals surface area contributed by atoms with Gasteiger partial charge in [0.2, 0.25) is 0 Å². The van der Waals surface area contributed by atoms with E-state index in [1.807, 2.05) is 75.9 Å². The van der Waals surface area contributed by atoms with Crippen LogP contribution in [0.2, 0.25) is 0 Å². The van der Waals surface area contributed by atoms with Crippen LogP contribution in [-0.2, 0) is 13.0 Å². The molecule has 0 radical (unpaired) electrons. The molecule has 6 rings (SSSR count). The monoisotopic (exact) mass is 436 g/mol. The van der Waals surface area contributed by atoms with E-state index in [-0.39, 0.29) is 5.91 Å². The number of nitrogens with one attached hydrogen (secondary N) is 1. The summed E-state index contributed by atoms with van der Waals surface area (Å²) in [7, 11) is 0. The van der Waals surface area contributed by atoms with Gasteiger partial charge in [0.15, 0.2) is 11.3 Å². The number of hydrogen-bond donors (Lipinski definition) is 1. The maximum atomic E-state index is 13.0. The second kappa shape index (κ2) is 7.90. The average Bonchev–Trinajstić information content (AvgIpc) is 3.57. The second-order valence-corrected chi connectivity index (χ2v) is 7.87. The van der Waals surface area contributed by atoms with Crippen LogP contribution in [0.5, 0.6) is 0 Å². The normalized spacial score (nSPS) is 11.5. The number of para-hydroxylation sites is 1. The molecule has 0 bridgehead atoms. The average molecular weight is 436 g/mol. The van der Waals surface area contributed by atoms with Gasteiger partial charge in [-0.3, -0.25) is 13.9 Å². The van der Waals surface area contributed by atoms with E-state index in [1.54, 1.807) is 6.26 Å². The molecule has 0 fully saturated rings. The fourth-order valence-electron chi connectivity index (χ4n) is 4.14. The Morgan fingerprint density at radius 1 is 1.00 bits per heavy atom. The Hall–Kier alpha value is -4.46. The lowest BCUT2D eigenvalue weighted by Crippen LogP contribution is -2.27. The lowest BCUT2D eigenvalue weighted by atomic mass is 10.1. The van der Waals surface area contributed by atoms with Crippen molar-refractivity contribution in [2.24, 2.45) is 0 Å². The number of benzene rings is 2. The van der Waals surface area contributed by atoms with Gasteiger partial charge in [-0.1, -0.05) is 30.3 Å². The van der Waals surface area contributed by atoms with Crippen molar-refractivity contribution in [1.82, 2.24) is 29.7 Å². The first-order valence-corrected chi connectivity index (χ1v) is 10.7. The van der Waals surface area contributed by atoms with Crippen LogP contribution in [0.15, 0.2) is 83.6 Å². The Morgan fingerprint density at radius 3 is 2.88 bits per heavy atom. The Morgan fingerprint density at radius 2 is 1.91 bits per heavy atom. The first kappa shape index (κ1) is 19.2. The van der Waals surface area contributed by atoms with E-state index in [9.17, 15) is 4.79 Å². The van der Waals surface area contributed by atoms with E-state index in [0.29, 0.717) is 25.2 Å². The maximum Gasteiger partial charge on any atom is 0.272 e. The van der Waals surface area contributed by atoms with Crippen molar-refractivity contribution in [2.45, 2.75) is 13.0 Å². The van der Waals surface area contributed by atoms with E-state index < -0.39 is 0 Å². The molecule has 2 aromatic carbocycles. The summed E-state index contributed by atoms with van der Waals surface area (Å²) in [6.45, 7) is 0.994. The quantitative estimate of drug-likeness (QED) is 0.428. The Balaban J connectivity index is 1.23. The zero-order valence-corrected chi connectivity index (χ0v) is 17.7. The third-order valence-electron chi connectivity index (χ3n) is 5.74. The highest BCUT2D eigenvalue weighted by Crippen LogP contribution is 2.22. The van der Waals surface area contributed by atoms with Gasteiger partial charge in [0.25, 0.3) is 5.91 Å². The molecule has 162 valence electrons. The molecule has 0 saturated heterocycles. The highest BCUT2D eigenvalue weighted by molar-refractivity contribution is 6.04. The molecular formula is C25H20N6O2. The Kier molecular flexibility index (Phi) is 4.61. The largest absolute Gasteiger partial charge is 0.464 e. The van der Waals surface area contributed by atoms with Crippen LogP contribution in [0.4, 0.5) is 0 Å². The van der Waals surface area contributed by atoms with Gasteiger partial charge in [0, 0.05) is 29.9 Å². The Bertz CT molecular complexity index is 1610. The summed E-state index contributed by atoms with van der Waals surface area (Å²) in [6.07, 6.45) is 4.17. The van der Waals surface area contributed by atoms with E-state index in [2.05, 4.69) is 26.7 Å². The predicted molar refractivity (Wildman–Crippen MR) is 124 cm³/mol. The number of fused-ring (bicyclic) bond motifs is 3. The van der Waals surface area contributed by atoms with Crippen molar-refractivity contribution in [3.8, 4) is 0 Å². The van der Waals surface area contributed by atoms with Crippen molar-refractivity contribution < 1.29 is 9.21 Å². The van der Waals surface area contributed by atoms with Gasteiger partial charge in [0.1, 0.15) is 11.4 Å². The first-order valence-electron chi connectivity index (χ1n) is 10.7. The fourth-order valence-corrected chi connectivity index (χ4v) is 4.14.